The molecule has 1 N–H and O–H groups in total. The van der Waals surface area contributed by atoms with Crippen LogP contribution >= 0.6 is 0 Å². The van der Waals surface area contributed by atoms with Crippen molar-refractivity contribution in [3.05, 3.63) is 29.9 Å². The maximum atomic E-state index is 5.78. The number of nitrogens with one attached hydrogen (secondary N) is 1. The van der Waals surface area contributed by atoms with Crippen LogP contribution < -0.4 is 19.5 Å². The topological polar surface area (TPSA) is 78.6 Å². The molecule has 1 aliphatic rings. The standard InChI is InChI=1S/C14H17N3O4/c1-9(2)15-5-10-3-12-13(20-8-19-12)4-11(10)18-6-14-16-7-21-17-14/h3-4,7,9,15H,5-6,8H2,1-2H3. The Morgan fingerprint density at radius 1 is 1.29 bits per heavy atom. The van der Waals surface area contributed by atoms with Gasteiger partial charge in [-0.05, 0) is 6.07 Å². The number of benzene rings is 1. The van der Waals surface area contributed by atoms with Gasteiger partial charge in [-0.25, -0.2) is 0 Å². The third kappa shape index (κ3) is 3.25. The fraction of sp³-hybridized carbons (Fsp3) is 0.429. The van der Waals surface area contributed by atoms with Crippen molar-refractivity contribution in [1.82, 2.24) is 15.5 Å². The first kappa shape index (κ1) is 13.7. The highest BCUT2D eigenvalue weighted by molar-refractivity contribution is 5.51. The number of hydrogen-bond donors (Lipinski definition) is 1. The molecule has 0 aliphatic carbocycles. The van der Waals surface area contributed by atoms with Crippen molar-refractivity contribution >= 4 is 0 Å². The lowest BCUT2D eigenvalue weighted by Gasteiger charge is -2.14. The van der Waals surface area contributed by atoms with E-state index < -0.39 is 0 Å². The number of rotatable bonds is 6. The second kappa shape index (κ2) is 6.01. The molecule has 1 aromatic carbocycles. The van der Waals surface area contributed by atoms with Gasteiger partial charge in [0, 0.05) is 24.2 Å². The van der Waals surface area contributed by atoms with Crippen LogP contribution in [-0.2, 0) is 13.2 Å². The van der Waals surface area contributed by atoms with Gasteiger partial charge in [-0.3, -0.25) is 0 Å². The molecule has 0 fully saturated rings. The first-order valence-electron chi connectivity index (χ1n) is 6.76. The van der Waals surface area contributed by atoms with Gasteiger partial charge in [0.2, 0.25) is 19.0 Å². The zero-order valence-electron chi connectivity index (χ0n) is 12.0. The van der Waals surface area contributed by atoms with Crippen LogP contribution in [0.3, 0.4) is 0 Å². The minimum atomic E-state index is 0.237. The zero-order chi connectivity index (χ0) is 14.7. The fourth-order valence-electron chi connectivity index (χ4n) is 1.95. The molecule has 0 saturated heterocycles. The molecule has 2 heterocycles. The normalized spacial score (nSPS) is 12.9. The van der Waals surface area contributed by atoms with E-state index >= 15 is 0 Å². The van der Waals surface area contributed by atoms with E-state index in [2.05, 4.69) is 33.8 Å². The smallest absolute Gasteiger partial charge is 0.231 e. The summed E-state index contributed by atoms with van der Waals surface area (Å²) in [6.07, 6.45) is 1.28. The summed E-state index contributed by atoms with van der Waals surface area (Å²) in [5.41, 5.74) is 0.997. The maximum Gasteiger partial charge on any atom is 0.231 e. The lowest BCUT2D eigenvalue weighted by Crippen LogP contribution is -2.22. The minimum absolute atomic E-state index is 0.237. The van der Waals surface area contributed by atoms with E-state index in [0.717, 1.165) is 17.1 Å². The fourth-order valence-corrected chi connectivity index (χ4v) is 1.95. The van der Waals surface area contributed by atoms with Crippen LogP contribution in [-0.4, -0.2) is 23.0 Å². The highest BCUT2D eigenvalue weighted by Crippen LogP contribution is 2.38. The van der Waals surface area contributed by atoms with Gasteiger partial charge in [-0.15, -0.1) is 0 Å². The first-order valence-corrected chi connectivity index (χ1v) is 6.76. The number of hydrogen-bond acceptors (Lipinski definition) is 7. The van der Waals surface area contributed by atoms with Crippen LogP contribution in [0.15, 0.2) is 23.0 Å². The Kier molecular flexibility index (Phi) is 3.92. The molecule has 0 unspecified atom stereocenters. The summed E-state index contributed by atoms with van der Waals surface area (Å²) in [7, 11) is 0. The summed E-state index contributed by atoms with van der Waals surface area (Å²) >= 11 is 0. The van der Waals surface area contributed by atoms with Gasteiger partial charge in [0.15, 0.2) is 18.1 Å². The molecule has 7 heteroatoms. The molecular formula is C14H17N3O4. The Morgan fingerprint density at radius 2 is 2.10 bits per heavy atom. The number of fused-ring (bicyclic) bond motifs is 1. The molecule has 7 nitrogen and oxygen atoms in total. The summed E-state index contributed by atoms with van der Waals surface area (Å²) in [5, 5.41) is 7.09. The van der Waals surface area contributed by atoms with Gasteiger partial charge in [0.25, 0.3) is 0 Å². The van der Waals surface area contributed by atoms with Crippen LogP contribution in [0.2, 0.25) is 0 Å². The predicted molar refractivity (Wildman–Crippen MR) is 73.2 cm³/mol. The zero-order valence-corrected chi connectivity index (χ0v) is 12.0. The van der Waals surface area contributed by atoms with Crippen LogP contribution in [0.25, 0.3) is 0 Å². The van der Waals surface area contributed by atoms with Crippen molar-refractivity contribution in [3.8, 4) is 17.2 Å². The predicted octanol–water partition coefficient (Wildman–Crippen LogP) is 1.88. The summed E-state index contributed by atoms with van der Waals surface area (Å²) in [6, 6.07) is 4.14. The number of ether oxygens (including phenoxy) is 3. The van der Waals surface area contributed by atoms with E-state index in [-0.39, 0.29) is 13.4 Å². The molecule has 112 valence electrons. The third-order valence-corrected chi connectivity index (χ3v) is 3.02. The van der Waals surface area contributed by atoms with Gasteiger partial charge < -0.3 is 24.1 Å². The van der Waals surface area contributed by atoms with Gasteiger partial charge in [0.05, 0.1) is 0 Å². The van der Waals surface area contributed by atoms with E-state index in [9.17, 15) is 0 Å². The summed E-state index contributed by atoms with van der Waals surface area (Å²) < 4.78 is 21.3. The molecule has 21 heavy (non-hydrogen) atoms. The highest BCUT2D eigenvalue weighted by atomic mass is 16.7. The Labute approximate surface area is 122 Å². The quantitative estimate of drug-likeness (QED) is 0.870. The Morgan fingerprint density at radius 3 is 2.81 bits per heavy atom. The van der Waals surface area contributed by atoms with Crippen LogP contribution in [0, 0.1) is 0 Å². The van der Waals surface area contributed by atoms with E-state index in [0.29, 0.717) is 24.2 Å². The van der Waals surface area contributed by atoms with Gasteiger partial charge in [-0.1, -0.05) is 19.0 Å². The van der Waals surface area contributed by atoms with Gasteiger partial charge in [-0.2, -0.15) is 4.98 Å². The highest BCUT2D eigenvalue weighted by Gasteiger charge is 2.18. The Balaban J connectivity index is 1.78. The molecule has 2 aromatic rings. The summed E-state index contributed by atoms with van der Waals surface area (Å²) in [4.78, 5) is 3.93. The molecular weight excluding hydrogens is 274 g/mol. The van der Waals surface area contributed by atoms with E-state index in [1.54, 1.807) is 0 Å². The molecule has 0 radical (unpaired) electrons. The van der Waals surface area contributed by atoms with E-state index in [4.69, 9.17) is 14.2 Å². The molecule has 1 aliphatic heterocycles. The molecule has 0 saturated carbocycles. The SMILES string of the molecule is CC(C)NCc1cc2c(cc1OCc1ncon1)OCO2. The van der Waals surface area contributed by atoms with Crippen LogP contribution in [0.4, 0.5) is 0 Å². The van der Waals surface area contributed by atoms with Crippen molar-refractivity contribution in [2.24, 2.45) is 0 Å². The van der Waals surface area contributed by atoms with Crippen molar-refractivity contribution in [2.45, 2.75) is 33.0 Å². The number of nitrogens with zero attached hydrogens (tertiary/aromatic N) is 2. The Bertz CT molecular complexity index is 599. The van der Waals surface area contributed by atoms with Crippen molar-refractivity contribution in [2.75, 3.05) is 6.79 Å². The monoisotopic (exact) mass is 291 g/mol. The van der Waals surface area contributed by atoms with Crippen molar-refractivity contribution in [3.63, 3.8) is 0 Å². The first-order chi connectivity index (χ1) is 10.2. The van der Waals surface area contributed by atoms with E-state index in [1.807, 2.05) is 12.1 Å². The number of aromatic nitrogens is 2. The molecule has 3 rings (SSSR count). The largest absolute Gasteiger partial charge is 0.485 e. The Hall–Kier alpha value is -2.28. The van der Waals surface area contributed by atoms with Crippen molar-refractivity contribution in [1.29, 1.82) is 0 Å². The minimum Gasteiger partial charge on any atom is -0.485 e. The lowest BCUT2D eigenvalue weighted by atomic mass is 10.1. The lowest BCUT2D eigenvalue weighted by molar-refractivity contribution is 0.173. The average Bonchev–Trinajstić information content (AvgIpc) is 3.12. The second-order valence-electron chi connectivity index (χ2n) is 4.98. The molecule has 0 amide bonds. The molecule has 1 aromatic heterocycles. The van der Waals surface area contributed by atoms with Gasteiger partial charge >= 0.3 is 0 Å². The van der Waals surface area contributed by atoms with Crippen LogP contribution in [0.5, 0.6) is 17.2 Å². The average molecular weight is 291 g/mol. The van der Waals surface area contributed by atoms with Gasteiger partial charge in [0.1, 0.15) is 5.75 Å². The molecule has 0 spiro atoms. The molecule has 0 bridgehead atoms. The summed E-state index contributed by atoms with van der Waals surface area (Å²) in [5.74, 6) is 2.64. The third-order valence-electron chi connectivity index (χ3n) is 3.02. The molecule has 0 atom stereocenters. The second-order valence-corrected chi connectivity index (χ2v) is 4.98. The van der Waals surface area contributed by atoms with Crippen molar-refractivity contribution < 1.29 is 18.7 Å². The van der Waals surface area contributed by atoms with E-state index in [1.165, 1.54) is 6.39 Å². The van der Waals surface area contributed by atoms with Crippen LogP contribution in [0.1, 0.15) is 25.2 Å². The maximum absolute atomic E-state index is 5.78. The summed E-state index contributed by atoms with van der Waals surface area (Å²) in [6.45, 7) is 5.33.